The zero-order valence-corrected chi connectivity index (χ0v) is 12.4. The third-order valence-corrected chi connectivity index (χ3v) is 5.61. The lowest BCUT2D eigenvalue weighted by atomic mass is 10.1. The summed E-state index contributed by atoms with van der Waals surface area (Å²) in [6.45, 7) is 0. The lowest BCUT2D eigenvalue weighted by molar-refractivity contribution is 0.556. The fraction of sp³-hybridized carbons (Fsp3) is 0.417. The highest BCUT2D eigenvalue weighted by molar-refractivity contribution is 9.10. The lowest BCUT2D eigenvalue weighted by Gasteiger charge is -2.24. The predicted molar refractivity (Wildman–Crippen MR) is 74.1 cm³/mol. The van der Waals surface area contributed by atoms with Gasteiger partial charge in [-0.2, -0.15) is 5.26 Å². The van der Waals surface area contributed by atoms with Gasteiger partial charge in [0.15, 0.2) is 5.82 Å². The van der Waals surface area contributed by atoms with Gasteiger partial charge < -0.3 is 5.32 Å². The fourth-order valence-electron chi connectivity index (χ4n) is 2.00. The van der Waals surface area contributed by atoms with E-state index >= 15 is 0 Å². The van der Waals surface area contributed by atoms with Crippen LogP contribution in [0.25, 0.3) is 0 Å². The van der Waals surface area contributed by atoms with Gasteiger partial charge in [0.2, 0.25) is 0 Å². The Hall–Kier alpha value is -1.13. The lowest BCUT2D eigenvalue weighted by Crippen LogP contribution is -2.32. The molecule has 102 valence electrons. The average molecular weight is 347 g/mol. The quantitative estimate of drug-likeness (QED) is 0.892. The summed E-state index contributed by atoms with van der Waals surface area (Å²) < 4.78 is 36.7. The molecule has 1 aliphatic rings. The Labute approximate surface area is 119 Å². The minimum atomic E-state index is -2.92. The minimum Gasteiger partial charge on any atom is -0.380 e. The Morgan fingerprint density at radius 2 is 2.00 bits per heavy atom. The standard InChI is InChI=1S/C12H12BrFN2O2S/c13-11-8(7-15)1-2-10(12(11)14)16-9-3-5-19(17,18)6-4-9/h1-2,9,16H,3-6H2. The van der Waals surface area contributed by atoms with Gasteiger partial charge in [-0.25, -0.2) is 12.8 Å². The van der Waals surface area contributed by atoms with Crippen LogP contribution in [0.15, 0.2) is 16.6 Å². The number of nitrogens with zero attached hydrogens (tertiary/aromatic N) is 1. The van der Waals surface area contributed by atoms with Crippen LogP contribution < -0.4 is 5.32 Å². The van der Waals surface area contributed by atoms with Gasteiger partial charge in [-0.15, -0.1) is 0 Å². The van der Waals surface area contributed by atoms with Crippen molar-refractivity contribution in [2.75, 3.05) is 16.8 Å². The maximum atomic E-state index is 14.0. The molecule has 19 heavy (non-hydrogen) atoms. The van der Waals surface area contributed by atoms with Crippen molar-refractivity contribution >= 4 is 31.5 Å². The van der Waals surface area contributed by atoms with Gasteiger partial charge in [0, 0.05) is 6.04 Å². The molecule has 1 saturated heterocycles. The summed E-state index contributed by atoms with van der Waals surface area (Å²) in [4.78, 5) is 0. The van der Waals surface area contributed by atoms with Crippen LogP contribution in [0.2, 0.25) is 0 Å². The van der Waals surface area contributed by atoms with Gasteiger partial charge in [0.25, 0.3) is 0 Å². The number of hydrogen-bond donors (Lipinski definition) is 1. The van der Waals surface area contributed by atoms with Crippen molar-refractivity contribution in [3.05, 3.63) is 28.0 Å². The van der Waals surface area contributed by atoms with Crippen molar-refractivity contribution in [1.82, 2.24) is 0 Å². The smallest absolute Gasteiger partial charge is 0.161 e. The van der Waals surface area contributed by atoms with Crippen LogP contribution in [0.4, 0.5) is 10.1 Å². The van der Waals surface area contributed by atoms with Crippen molar-refractivity contribution in [3.63, 3.8) is 0 Å². The number of halogens is 2. The van der Waals surface area contributed by atoms with Crippen molar-refractivity contribution in [1.29, 1.82) is 5.26 Å². The van der Waals surface area contributed by atoms with E-state index in [-0.39, 0.29) is 33.3 Å². The fourth-order valence-corrected chi connectivity index (χ4v) is 3.93. The Kier molecular flexibility index (Phi) is 4.11. The molecule has 0 saturated carbocycles. The summed E-state index contributed by atoms with van der Waals surface area (Å²) >= 11 is 3.04. The molecular formula is C12H12BrFN2O2S. The number of sulfone groups is 1. The summed E-state index contributed by atoms with van der Waals surface area (Å²) in [6, 6.07) is 4.85. The van der Waals surface area contributed by atoms with Crippen LogP contribution in [-0.4, -0.2) is 26.0 Å². The first-order valence-electron chi connectivity index (χ1n) is 5.78. The average Bonchev–Trinajstić information content (AvgIpc) is 2.37. The monoisotopic (exact) mass is 346 g/mol. The summed E-state index contributed by atoms with van der Waals surface area (Å²) in [5.74, 6) is -0.263. The summed E-state index contributed by atoms with van der Waals surface area (Å²) in [5.41, 5.74) is 0.518. The minimum absolute atomic E-state index is 0.0575. The molecule has 0 unspecified atom stereocenters. The molecule has 0 bridgehead atoms. The molecule has 1 aromatic carbocycles. The molecule has 1 heterocycles. The SMILES string of the molecule is N#Cc1ccc(NC2CCS(=O)(=O)CC2)c(F)c1Br. The van der Waals surface area contributed by atoms with E-state index in [9.17, 15) is 12.8 Å². The van der Waals surface area contributed by atoms with Crippen LogP contribution in [0.5, 0.6) is 0 Å². The van der Waals surface area contributed by atoms with Crippen LogP contribution in [-0.2, 0) is 9.84 Å². The van der Waals surface area contributed by atoms with Crippen LogP contribution in [0.1, 0.15) is 18.4 Å². The second-order valence-corrected chi connectivity index (χ2v) is 7.57. The Balaban J connectivity index is 2.13. The molecule has 1 aliphatic heterocycles. The van der Waals surface area contributed by atoms with Gasteiger partial charge in [-0.05, 0) is 40.9 Å². The maximum absolute atomic E-state index is 14.0. The highest BCUT2D eigenvalue weighted by Crippen LogP contribution is 2.28. The molecule has 0 aliphatic carbocycles. The first-order chi connectivity index (χ1) is 8.93. The molecule has 0 atom stereocenters. The summed E-state index contributed by atoms with van der Waals surface area (Å²) in [5, 5.41) is 11.8. The first-order valence-corrected chi connectivity index (χ1v) is 8.39. The highest BCUT2D eigenvalue weighted by atomic mass is 79.9. The molecule has 4 nitrogen and oxygen atoms in total. The van der Waals surface area contributed by atoms with Crippen molar-refractivity contribution in [2.45, 2.75) is 18.9 Å². The van der Waals surface area contributed by atoms with E-state index in [0.717, 1.165) is 0 Å². The second kappa shape index (κ2) is 5.47. The van der Waals surface area contributed by atoms with E-state index in [2.05, 4.69) is 21.2 Å². The van der Waals surface area contributed by atoms with E-state index in [1.165, 1.54) is 12.1 Å². The van der Waals surface area contributed by atoms with Crippen molar-refractivity contribution in [2.24, 2.45) is 0 Å². The Bertz CT molecular complexity index is 626. The molecule has 1 N–H and O–H groups in total. The van der Waals surface area contributed by atoms with E-state index in [0.29, 0.717) is 12.8 Å². The van der Waals surface area contributed by atoms with E-state index < -0.39 is 15.7 Å². The van der Waals surface area contributed by atoms with E-state index in [1.54, 1.807) is 0 Å². The molecule has 0 spiro atoms. The molecule has 0 radical (unpaired) electrons. The van der Waals surface area contributed by atoms with Gasteiger partial charge in [-0.1, -0.05) is 0 Å². The topological polar surface area (TPSA) is 70.0 Å². The summed E-state index contributed by atoms with van der Waals surface area (Å²) in [6.07, 6.45) is 0.943. The Morgan fingerprint density at radius 3 is 2.58 bits per heavy atom. The molecule has 0 aromatic heterocycles. The molecule has 7 heteroatoms. The number of anilines is 1. The van der Waals surface area contributed by atoms with Gasteiger partial charge in [-0.3, -0.25) is 0 Å². The van der Waals surface area contributed by atoms with Crippen LogP contribution >= 0.6 is 15.9 Å². The number of nitriles is 1. The Morgan fingerprint density at radius 1 is 1.37 bits per heavy atom. The molecule has 1 fully saturated rings. The predicted octanol–water partition coefficient (Wildman–Crippen LogP) is 2.45. The molecular weight excluding hydrogens is 335 g/mol. The number of benzene rings is 1. The second-order valence-electron chi connectivity index (χ2n) is 4.47. The zero-order chi connectivity index (χ0) is 14.0. The summed E-state index contributed by atoms with van der Waals surface area (Å²) in [7, 11) is -2.92. The van der Waals surface area contributed by atoms with Gasteiger partial charge in [0.05, 0.1) is 27.2 Å². The maximum Gasteiger partial charge on any atom is 0.161 e. The first kappa shape index (κ1) is 14.3. The highest BCUT2D eigenvalue weighted by Gasteiger charge is 2.24. The number of hydrogen-bond acceptors (Lipinski definition) is 4. The molecule has 1 aromatic rings. The molecule has 0 amide bonds. The third kappa shape index (κ3) is 3.25. The van der Waals surface area contributed by atoms with E-state index in [1.807, 2.05) is 6.07 Å². The number of rotatable bonds is 2. The number of nitrogens with one attached hydrogen (secondary N) is 1. The zero-order valence-electron chi connectivity index (χ0n) is 9.99. The van der Waals surface area contributed by atoms with E-state index in [4.69, 9.17) is 5.26 Å². The van der Waals surface area contributed by atoms with Gasteiger partial charge >= 0.3 is 0 Å². The largest absolute Gasteiger partial charge is 0.380 e. The van der Waals surface area contributed by atoms with Crippen molar-refractivity contribution < 1.29 is 12.8 Å². The van der Waals surface area contributed by atoms with Gasteiger partial charge in [0.1, 0.15) is 15.9 Å². The normalized spacial score (nSPS) is 18.8. The molecule has 2 rings (SSSR count). The van der Waals surface area contributed by atoms with Crippen LogP contribution in [0.3, 0.4) is 0 Å². The van der Waals surface area contributed by atoms with Crippen molar-refractivity contribution in [3.8, 4) is 6.07 Å². The third-order valence-electron chi connectivity index (χ3n) is 3.12. The van der Waals surface area contributed by atoms with Crippen LogP contribution in [0, 0.1) is 17.1 Å².